The zero-order chi connectivity index (χ0) is 27.7. The standard InChI is InChI=1S/C24H25F5N4O3S/c1-6-37-17-10-14(32(5)22(35)36-23(2,3)4)11-31-19(17)15-9-13-7-8-18(34)33(16(13)12-30-15)21(27)24(28,29)20(25)26/h7-12,20-21H,6H2,1-5H3. The summed E-state index contributed by atoms with van der Waals surface area (Å²) in [5.41, 5.74) is -1.22. The Morgan fingerprint density at radius 1 is 1.14 bits per heavy atom. The van der Waals surface area contributed by atoms with Crippen molar-refractivity contribution in [3.8, 4) is 11.4 Å². The van der Waals surface area contributed by atoms with E-state index in [0.717, 1.165) is 12.3 Å². The van der Waals surface area contributed by atoms with E-state index in [-0.39, 0.29) is 21.2 Å². The third-order valence-corrected chi connectivity index (χ3v) is 6.00. The highest BCUT2D eigenvalue weighted by molar-refractivity contribution is 7.99. The van der Waals surface area contributed by atoms with Crippen LogP contribution in [0.2, 0.25) is 0 Å². The lowest BCUT2D eigenvalue weighted by Crippen LogP contribution is -2.39. The Bertz CT molecular complexity index is 1360. The predicted molar refractivity (Wildman–Crippen MR) is 131 cm³/mol. The molecular weight excluding hydrogens is 519 g/mol. The highest BCUT2D eigenvalue weighted by atomic mass is 32.2. The van der Waals surface area contributed by atoms with Crippen LogP contribution >= 0.6 is 11.8 Å². The van der Waals surface area contributed by atoms with Crippen LogP contribution in [0.1, 0.15) is 34.0 Å². The summed E-state index contributed by atoms with van der Waals surface area (Å²) < 4.78 is 72.7. The predicted octanol–water partition coefficient (Wildman–Crippen LogP) is 6.31. The van der Waals surface area contributed by atoms with Crippen LogP contribution in [0.15, 0.2) is 46.3 Å². The smallest absolute Gasteiger partial charge is 0.414 e. The largest absolute Gasteiger partial charge is 0.443 e. The Balaban J connectivity index is 2.07. The van der Waals surface area contributed by atoms with E-state index >= 15 is 0 Å². The van der Waals surface area contributed by atoms with Crippen molar-refractivity contribution in [3.63, 3.8) is 0 Å². The van der Waals surface area contributed by atoms with Crippen molar-refractivity contribution >= 4 is 34.4 Å². The quantitative estimate of drug-likeness (QED) is 0.256. The summed E-state index contributed by atoms with van der Waals surface area (Å²) in [4.78, 5) is 35.1. The Morgan fingerprint density at radius 2 is 1.81 bits per heavy atom. The summed E-state index contributed by atoms with van der Waals surface area (Å²) in [6.45, 7) is 7.12. The van der Waals surface area contributed by atoms with Crippen LogP contribution in [-0.2, 0) is 4.74 Å². The molecule has 0 spiro atoms. The molecule has 1 atom stereocenters. The summed E-state index contributed by atoms with van der Waals surface area (Å²) in [5, 5.41) is 0.113. The lowest BCUT2D eigenvalue weighted by atomic mass is 10.1. The van der Waals surface area contributed by atoms with E-state index in [2.05, 4.69) is 9.97 Å². The summed E-state index contributed by atoms with van der Waals surface area (Å²) in [6, 6.07) is 5.16. The van der Waals surface area contributed by atoms with Crippen LogP contribution < -0.4 is 10.5 Å². The molecule has 0 N–H and O–H groups in total. The van der Waals surface area contributed by atoms with Crippen molar-refractivity contribution in [2.75, 3.05) is 17.7 Å². The van der Waals surface area contributed by atoms with Gasteiger partial charge in [0.2, 0.25) is 6.30 Å². The van der Waals surface area contributed by atoms with Crippen molar-refractivity contribution in [1.29, 1.82) is 0 Å². The molecular formula is C24H25F5N4O3S. The van der Waals surface area contributed by atoms with Gasteiger partial charge in [-0.15, -0.1) is 11.8 Å². The maximum Gasteiger partial charge on any atom is 0.414 e. The number of fused-ring (bicyclic) bond motifs is 1. The summed E-state index contributed by atoms with van der Waals surface area (Å²) in [5.74, 6) is -4.45. The zero-order valence-electron chi connectivity index (χ0n) is 20.6. The van der Waals surface area contributed by atoms with Gasteiger partial charge in [0.1, 0.15) is 11.3 Å². The minimum Gasteiger partial charge on any atom is -0.443 e. The average Bonchev–Trinajstić information content (AvgIpc) is 2.81. The van der Waals surface area contributed by atoms with Gasteiger partial charge in [0, 0.05) is 23.4 Å². The fourth-order valence-corrected chi connectivity index (χ4v) is 4.12. The third-order valence-electron chi connectivity index (χ3n) is 5.09. The molecule has 0 aromatic carbocycles. The van der Waals surface area contributed by atoms with Crippen molar-refractivity contribution in [1.82, 2.24) is 14.5 Å². The van der Waals surface area contributed by atoms with E-state index in [1.165, 1.54) is 42.0 Å². The number of anilines is 1. The van der Waals surface area contributed by atoms with Crippen molar-refractivity contribution in [2.24, 2.45) is 0 Å². The molecule has 0 bridgehead atoms. The number of alkyl halides is 5. The van der Waals surface area contributed by atoms with Gasteiger partial charge in [0.15, 0.2) is 0 Å². The number of rotatable bonds is 7. The number of ether oxygens (including phenoxy) is 1. The second kappa shape index (κ2) is 10.6. The number of halogens is 5. The molecule has 3 heterocycles. The van der Waals surface area contributed by atoms with Crippen molar-refractivity contribution < 1.29 is 31.5 Å². The molecule has 0 saturated heterocycles. The van der Waals surface area contributed by atoms with Gasteiger partial charge in [-0.3, -0.25) is 24.2 Å². The molecule has 13 heteroatoms. The Hall–Kier alpha value is -3.22. The molecule has 0 aliphatic heterocycles. The summed E-state index contributed by atoms with van der Waals surface area (Å²) in [7, 11) is 1.53. The topological polar surface area (TPSA) is 77.3 Å². The summed E-state index contributed by atoms with van der Waals surface area (Å²) >= 11 is 1.40. The molecule has 1 unspecified atom stereocenters. The van der Waals surface area contributed by atoms with E-state index in [1.807, 2.05) is 6.92 Å². The molecule has 0 saturated carbocycles. The van der Waals surface area contributed by atoms with E-state index < -0.39 is 35.9 Å². The van der Waals surface area contributed by atoms with Crippen LogP contribution in [0.4, 0.5) is 32.4 Å². The number of carbonyl (C=O) groups excluding carboxylic acids is 1. The number of pyridine rings is 3. The number of thioether (sulfide) groups is 1. The van der Waals surface area contributed by atoms with Gasteiger partial charge < -0.3 is 4.74 Å². The molecule has 3 aromatic heterocycles. The van der Waals surface area contributed by atoms with Crippen LogP contribution in [0.3, 0.4) is 0 Å². The second-order valence-corrected chi connectivity index (χ2v) is 10.3. The van der Waals surface area contributed by atoms with E-state index in [1.54, 1.807) is 26.8 Å². The maximum absolute atomic E-state index is 14.5. The van der Waals surface area contributed by atoms with Crippen LogP contribution in [0.5, 0.6) is 0 Å². The Labute approximate surface area is 213 Å². The molecule has 0 fully saturated rings. The molecule has 3 rings (SSSR count). The highest BCUT2D eigenvalue weighted by Gasteiger charge is 2.51. The van der Waals surface area contributed by atoms with E-state index in [4.69, 9.17) is 4.74 Å². The van der Waals surface area contributed by atoms with Gasteiger partial charge in [-0.25, -0.2) is 18.0 Å². The minimum atomic E-state index is -5.08. The maximum atomic E-state index is 14.5. The molecule has 200 valence electrons. The third kappa shape index (κ3) is 6.03. The molecule has 0 radical (unpaired) electrons. The number of hydrogen-bond acceptors (Lipinski definition) is 6. The highest BCUT2D eigenvalue weighted by Crippen LogP contribution is 2.37. The number of hydrogen-bond donors (Lipinski definition) is 0. The first-order valence-electron chi connectivity index (χ1n) is 11.1. The first-order chi connectivity index (χ1) is 17.2. The molecule has 0 aliphatic carbocycles. The van der Waals surface area contributed by atoms with Gasteiger partial charge in [-0.1, -0.05) is 6.92 Å². The SMILES string of the molecule is CCSc1cc(N(C)C(=O)OC(C)(C)C)cnc1-c1cc2ccc(=O)n(C(F)C(F)(F)C(F)F)c2cn1. The number of carbonyl (C=O) groups is 1. The normalized spacial score (nSPS) is 13.2. The zero-order valence-corrected chi connectivity index (χ0v) is 21.5. The second-order valence-electron chi connectivity index (χ2n) is 8.99. The fourth-order valence-electron chi connectivity index (χ4n) is 3.31. The number of nitrogens with zero attached hydrogens (tertiary/aromatic N) is 4. The fraction of sp³-hybridized carbons (Fsp3) is 0.417. The van der Waals surface area contributed by atoms with Gasteiger partial charge in [0.05, 0.1) is 29.3 Å². The monoisotopic (exact) mass is 544 g/mol. The van der Waals surface area contributed by atoms with Crippen molar-refractivity contribution in [2.45, 2.75) is 56.8 Å². The van der Waals surface area contributed by atoms with E-state index in [9.17, 15) is 31.5 Å². The Kier molecular flexibility index (Phi) is 8.15. The minimum absolute atomic E-state index is 0.0354. The summed E-state index contributed by atoms with van der Waals surface area (Å²) in [6.07, 6.45) is -6.11. The average molecular weight is 545 g/mol. The van der Waals surface area contributed by atoms with Gasteiger partial charge >= 0.3 is 18.4 Å². The van der Waals surface area contributed by atoms with Gasteiger partial charge in [-0.2, -0.15) is 8.78 Å². The molecule has 0 aliphatic rings. The first kappa shape index (κ1) is 28.4. The number of amides is 1. The van der Waals surface area contributed by atoms with Gasteiger partial charge in [-0.05, 0) is 44.7 Å². The van der Waals surface area contributed by atoms with Crippen LogP contribution in [0.25, 0.3) is 22.3 Å². The van der Waals surface area contributed by atoms with Crippen LogP contribution in [0, 0.1) is 0 Å². The lowest BCUT2D eigenvalue weighted by molar-refractivity contribution is -0.191. The lowest BCUT2D eigenvalue weighted by Gasteiger charge is -2.25. The Morgan fingerprint density at radius 3 is 2.41 bits per heavy atom. The molecule has 1 amide bonds. The van der Waals surface area contributed by atoms with E-state index in [0.29, 0.717) is 22.0 Å². The van der Waals surface area contributed by atoms with Gasteiger partial charge in [0.25, 0.3) is 5.56 Å². The van der Waals surface area contributed by atoms with Crippen molar-refractivity contribution in [3.05, 3.63) is 47.0 Å². The number of aromatic nitrogens is 3. The first-order valence-corrected chi connectivity index (χ1v) is 12.1. The van der Waals surface area contributed by atoms with Crippen LogP contribution in [-0.4, -0.2) is 51.4 Å². The molecule has 3 aromatic rings. The molecule has 37 heavy (non-hydrogen) atoms. The molecule has 7 nitrogen and oxygen atoms in total.